The number of benzene rings is 1. The summed E-state index contributed by atoms with van der Waals surface area (Å²) in [7, 11) is 0. The predicted octanol–water partition coefficient (Wildman–Crippen LogP) is 3.15. The lowest BCUT2D eigenvalue weighted by Crippen LogP contribution is -2.42. The van der Waals surface area contributed by atoms with Gasteiger partial charge < -0.3 is 9.15 Å². The van der Waals surface area contributed by atoms with Gasteiger partial charge in [-0.3, -0.25) is 20.4 Å². The van der Waals surface area contributed by atoms with Crippen LogP contribution in [0.5, 0.6) is 5.75 Å². The lowest BCUT2D eigenvalue weighted by atomic mass is 10.3. The van der Waals surface area contributed by atoms with Gasteiger partial charge in [-0.25, -0.2) is 0 Å². The molecule has 0 aliphatic heterocycles. The van der Waals surface area contributed by atoms with Crippen molar-refractivity contribution in [3.8, 4) is 5.75 Å². The first-order chi connectivity index (χ1) is 11.8. The molecule has 1 aromatic heterocycles. The number of hydrogen-bond acceptors (Lipinski definition) is 5. The lowest BCUT2D eigenvalue weighted by Gasteiger charge is -2.16. The van der Waals surface area contributed by atoms with E-state index < -0.39 is 5.91 Å². The van der Waals surface area contributed by atoms with E-state index in [-0.39, 0.29) is 28.8 Å². The van der Waals surface area contributed by atoms with Crippen LogP contribution in [0.15, 0.2) is 46.9 Å². The van der Waals surface area contributed by atoms with E-state index in [1.807, 2.05) is 51.1 Å². The highest BCUT2D eigenvalue weighted by Crippen LogP contribution is 2.22. The van der Waals surface area contributed by atoms with E-state index >= 15 is 0 Å². The van der Waals surface area contributed by atoms with Crippen molar-refractivity contribution in [2.24, 2.45) is 0 Å². The summed E-state index contributed by atoms with van der Waals surface area (Å²) in [6.07, 6.45) is 0. The predicted molar refractivity (Wildman–Crippen MR) is 97.3 cm³/mol. The Kier molecular flexibility index (Phi) is 6.52. The van der Waals surface area contributed by atoms with Gasteiger partial charge in [0.2, 0.25) is 5.91 Å². The van der Waals surface area contributed by atoms with Crippen LogP contribution >= 0.6 is 11.8 Å². The highest BCUT2D eigenvalue weighted by Gasteiger charge is 2.15. The van der Waals surface area contributed by atoms with Crippen LogP contribution in [0.2, 0.25) is 0 Å². The summed E-state index contributed by atoms with van der Waals surface area (Å²) >= 11 is 1.49. The van der Waals surface area contributed by atoms with Gasteiger partial charge in [-0.1, -0.05) is 39.0 Å². The highest BCUT2D eigenvalue weighted by atomic mass is 32.2. The first-order valence-corrected chi connectivity index (χ1v) is 8.82. The smallest absolute Gasteiger partial charge is 0.305 e. The van der Waals surface area contributed by atoms with Crippen molar-refractivity contribution in [2.75, 3.05) is 5.75 Å². The standard InChI is InChI=1S/C18H22N2O4S/c1-18(2,3)25-12-16(21)19-20-17(22)15-10-9-14(24-15)11-23-13-7-5-4-6-8-13/h4-10H,11-12H2,1-3H3,(H,19,21)(H,20,22). The van der Waals surface area contributed by atoms with E-state index in [9.17, 15) is 9.59 Å². The van der Waals surface area contributed by atoms with Crippen LogP contribution in [0, 0.1) is 0 Å². The number of ether oxygens (including phenoxy) is 1. The first-order valence-electron chi connectivity index (χ1n) is 7.83. The van der Waals surface area contributed by atoms with Crippen LogP contribution in [-0.2, 0) is 11.4 Å². The maximum absolute atomic E-state index is 12.0. The highest BCUT2D eigenvalue weighted by molar-refractivity contribution is 8.01. The number of nitrogens with one attached hydrogen (secondary N) is 2. The second-order valence-electron chi connectivity index (χ2n) is 6.27. The summed E-state index contributed by atoms with van der Waals surface area (Å²) in [6, 6.07) is 12.5. The van der Waals surface area contributed by atoms with E-state index in [2.05, 4.69) is 10.9 Å². The fourth-order valence-corrected chi connectivity index (χ4v) is 2.39. The molecule has 2 N–H and O–H groups in total. The maximum Gasteiger partial charge on any atom is 0.305 e. The number of rotatable bonds is 6. The number of furan rings is 1. The number of carbonyl (C=O) groups excluding carboxylic acids is 2. The Balaban J connectivity index is 1.77. The minimum Gasteiger partial charge on any atom is -0.486 e. The zero-order chi connectivity index (χ0) is 18.3. The molecule has 1 heterocycles. The number of carbonyl (C=O) groups is 2. The molecule has 0 radical (unpaired) electrons. The van der Waals surface area contributed by atoms with Gasteiger partial charge in [0.15, 0.2) is 5.76 Å². The van der Waals surface area contributed by atoms with Crippen LogP contribution in [-0.4, -0.2) is 22.3 Å². The van der Waals surface area contributed by atoms with Crippen molar-refractivity contribution in [3.63, 3.8) is 0 Å². The van der Waals surface area contributed by atoms with Crippen molar-refractivity contribution in [2.45, 2.75) is 32.1 Å². The van der Waals surface area contributed by atoms with Crippen LogP contribution < -0.4 is 15.6 Å². The summed E-state index contributed by atoms with van der Waals surface area (Å²) < 4.78 is 11.0. The van der Waals surface area contributed by atoms with Crippen molar-refractivity contribution in [3.05, 3.63) is 54.0 Å². The molecule has 2 amide bonds. The SMILES string of the molecule is CC(C)(C)SCC(=O)NNC(=O)c1ccc(COc2ccccc2)o1. The van der Waals surface area contributed by atoms with Gasteiger partial charge in [-0.15, -0.1) is 11.8 Å². The molecule has 2 rings (SSSR count). The molecule has 2 aromatic rings. The second-order valence-corrected chi connectivity index (χ2v) is 8.07. The van der Waals surface area contributed by atoms with Crippen LogP contribution in [0.4, 0.5) is 0 Å². The van der Waals surface area contributed by atoms with E-state index in [1.165, 1.54) is 17.8 Å². The summed E-state index contributed by atoms with van der Waals surface area (Å²) in [6.45, 7) is 6.27. The van der Waals surface area contributed by atoms with Crippen LogP contribution in [0.1, 0.15) is 37.1 Å². The quantitative estimate of drug-likeness (QED) is 0.772. The van der Waals surface area contributed by atoms with E-state index in [4.69, 9.17) is 9.15 Å². The molecule has 0 aliphatic carbocycles. The minimum atomic E-state index is -0.514. The largest absolute Gasteiger partial charge is 0.486 e. The Morgan fingerprint density at radius 2 is 1.80 bits per heavy atom. The molecule has 1 aromatic carbocycles. The summed E-state index contributed by atoms with van der Waals surface area (Å²) in [5, 5.41) is 0. The van der Waals surface area contributed by atoms with Crippen molar-refractivity contribution < 1.29 is 18.7 Å². The molecular weight excluding hydrogens is 340 g/mol. The minimum absolute atomic E-state index is 0.0178. The molecule has 134 valence electrons. The fraction of sp³-hybridized carbons (Fsp3) is 0.333. The zero-order valence-electron chi connectivity index (χ0n) is 14.5. The topological polar surface area (TPSA) is 80.6 Å². The Morgan fingerprint density at radius 3 is 2.48 bits per heavy atom. The number of amides is 2. The van der Waals surface area contributed by atoms with E-state index in [1.54, 1.807) is 6.07 Å². The number of hydrazine groups is 1. The van der Waals surface area contributed by atoms with Gasteiger partial charge in [0.05, 0.1) is 5.75 Å². The van der Waals surface area contributed by atoms with Gasteiger partial charge >= 0.3 is 5.91 Å². The molecule has 0 bridgehead atoms. The average molecular weight is 362 g/mol. The van der Waals surface area contributed by atoms with Gasteiger partial charge in [0, 0.05) is 4.75 Å². The third-order valence-electron chi connectivity index (χ3n) is 2.96. The number of para-hydroxylation sites is 1. The Morgan fingerprint density at radius 1 is 1.08 bits per heavy atom. The molecule has 0 unspecified atom stereocenters. The van der Waals surface area contributed by atoms with Crippen LogP contribution in [0.25, 0.3) is 0 Å². The molecule has 0 atom stereocenters. The van der Waals surface area contributed by atoms with Gasteiger partial charge in [0.1, 0.15) is 18.1 Å². The maximum atomic E-state index is 12.0. The van der Waals surface area contributed by atoms with Crippen molar-refractivity contribution >= 4 is 23.6 Å². The molecule has 0 aliphatic rings. The molecule has 0 saturated carbocycles. The molecular formula is C18H22N2O4S. The van der Waals surface area contributed by atoms with Crippen LogP contribution in [0.3, 0.4) is 0 Å². The Labute approximate surface area is 151 Å². The molecule has 0 saturated heterocycles. The number of thioether (sulfide) groups is 1. The van der Waals surface area contributed by atoms with E-state index in [0.29, 0.717) is 11.5 Å². The third kappa shape index (κ3) is 6.93. The number of hydrogen-bond donors (Lipinski definition) is 2. The summed E-state index contributed by atoms with van der Waals surface area (Å²) in [5.41, 5.74) is 4.71. The second kappa shape index (κ2) is 8.62. The van der Waals surface area contributed by atoms with Gasteiger partial charge in [-0.2, -0.15) is 0 Å². The Hall–Kier alpha value is -2.41. The van der Waals surface area contributed by atoms with Gasteiger partial charge in [0.25, 0.3) is 0 Å². The molecule has 0 fully saturated rings. The molecule has 7 heteroatoms. The average Bonchev–Trinajstić information content (AvgIpc) is 3.05. The molecule has 6 nitrogen and oxygen atoms in total. The van der Waals surface area contributed by atoms with Crippen molar-refractivity contribution in [1.82, 2.24) is 10.9 Å². The first kappa shape index (κ1) is 18.9. The monoisotopic (exact) mass is 362 g/mol. The Bertz CT molecular complexity index is 707. The third-order valence-corrected chi connectivity index (χ3v) is 4.23. The molecule has 0 spiro atoms. The fourth-order valence-electron chi connectivity index (χ4n) is 1.75. The molecule has 25 heavy (non-hydrogen) atoms. The summed E-state index contributed by atoms with van der Waals surface area (Å²) in [5.74, 6) is 0.818. The van der Waals surface area contributed by atoms with Crippen molar-refractivity contribution in [1.29, 1.82) is 0 Å². The van der Waals surface area contributed by atoms with E-state index in [0.717, 1.165) is 0 Å². The van der Waals surface area contributed by atoms with Gasteiger partial charge in [-0.05, 0) is 24.3 Å². The lowest BCUT2D eigenvalue weighted by molar-refractivity contribution is -0.119. The summed E-state index contributed by atoms with van der Waals surface area (Å²) in [4.78, 5) is 23.7. The normalized spacial score (nSPS) is 11.0. The zero-order valence-corrected chi connectivity index (χ0v) is 15.3.